The Morgan fingerprint density at radius 3 is 2.42 bits per heavy atom. The molecular weight excluding hydrogens is 329 g/mol. The van der Waals surface area contributed by atoms with Crippen molar-refractivity contribution in [2.45, 2.75) is 39.2 Å². The first-order valence-electron chi connectivity index (χ1n) is 8.33. The van der Waals surface area contributed by atoms with Crippen molar-refractivity contribution in [1.82, 2.24) is 14.7 Å². The van der Waals surface area contributed by atoms with E-state index in [9.17, 15) is 9.18 Å². The van der Waals surface area contributed by atoms with Crippen LogP contribution >= 0.6 is 11.6 Å². The van der Waals surface area contributed by atoms with Gasteiger partial charge in [0.1, 0.15) is 11.0 Å². The van der Waals surface area contributed by atoms with E-state index in [-0.39, 0.29) is 11.7 Å². The number of benzene rings is 1. The smallest absolute Gasteiger partial charge is 0.258 e. The van der Waals surface area contributed by atoms with Gasteiger partial charge in [0.2, 0.25) is 0 Å². The van der Waals surface area contributed by atoms with E-state index in [1.807, 2.05) is 4.90 Å². The molecule has 128 valence electrons. The van der Waals surface area contributed by atoms with E-state index in [0.717, 1.165) is 31.5 Å². The molecule has 1 aromatic heterocycles. The van der Waals surface area contributed by atoms with Crippen molar-refractivity contribution in [3.63, 3.8) is 0 Å². The summed E-state index contributed by atoms with van der Waals surface area (Å²) >= 11 is 6.44. The number of carbonyl (C=O) groups excluding carboxylic acids is 1. The molecule has 6 heteroatoms. The molecule has 0 atom stereocenters. The van der Waals surface area contributed by atoms with Gasteiger partial charge in [-0.05, 0) is 37.5 Å². The van der Waals surface area contributed by atoms with Gasteiger partial charge in [0.05, 0.1) is 17.8 Å². The van der Waals surface area contributed by atoms with Crippen molar-refractivity contribution in [2.75, 3.05) is 13.1 Å². The van der Waals surface area contributed by atoms with Gasteiger partial charge in [0.15, 0.2) is 0 Å². The first-order valence-corrected chi connectivity index (χ1v) is 8.70. The lowest BCUT2D eigenvalue weighted by molar-refractivity contribution is 0.0761. The molecule has 0 radical (unpaired) electrons. The topological polar surface area (TPSA) is 38.1 Å². The molecule has 3 rings (SSSR count). The second-order valence-electron chi connectivity index (χ2n) is 6.24. The molecule has 0 N–H and O–H groups in total. The van der Waals surface area contributed by atoms with E-state index in [1.165, 1.54) is 25.0 Å². The molecule has 1 aromatic carbocycles. The van der Waals surface area contributed by atoms with Crippen molar-refractivity contribution < 1.29 is 9.18 Å². The highest BCUT2D eigenvalue weighted by molar-refractivity contribution is 6.33. The highest BCUT2D eigenvalue weighted by Crippen LogP contribution is 2.24. The van der Waals surface area contributed by atoms with Crippen molar-refractivity contribution in [1.29, 1.82) is 0 Å². The van der Waals surface area contributed by atoms with Crippen LogP contribution in [-0.4, -0.2) is 33.7 Å². The molecule has 1 aliphatic rings. The minimum absolute atomic E-state index is 0.0373. The van der Waals surface area contributed by atoms with Gasteiger partial charge in [0, 0.05) is 13.1 Å². The Hall–Kier alpha value is -1.88. The number of rotatable bonds is 3. The zero-order chi connectivity index (χ0) is 17.1. The number of amides is 1. The Morgan fingerprint density at radius 2 is 1.79 bits per heavy atom. The Bertz CT molecular complexity index is 719. The predicted octanol–water partition coefficient (Wildman–Crippen LogP) is 4.05. The van der Waals surface area contributed by atoms with E-state index in [2.05, 4.69) is 5.10 Å². The molecule has 1 saturated heterocycles. The monoisotopic (exact) mass is 349 g/mol. The molecule has 1 amide bonds. The van der Waals surface area contributed by atoms with Crippen LogP contribution in [-0.2, 0) is 6.54 Å². The van der Waals surface area contributed by atoms with Gasteiger partial charge >= 0.3 is 0 Å². The van der Waals surface area contributed by atoms with Crippen LogP contribution in [0.2, 0.25) is 5.15 Å². The third-order valence-corrected chi connectivity index (χ3v) is 4.80. The quantitative estimate of drug-likeness (QED) is 0.838. The Morgan fingerprint density at radius 1 is 1.17 bits per heavy atom. The van der Waals surface area contributed by atoms with Gasteiger partial charge in [-0.15, -0.1) is 0 Å². The number of hydrogen-bond acceptors (Lipinski definition) is 2. The Balaban J connectivity index is 1.83. The summed E-state index contributed by atoms with van der Waals surface area (Å²) in [5.74, 6) is -0.316. The van der Waals surface area contributed by atoms with Gasteiger partial charge in [0.25, 0.3) is 5.91 Å². The molecule has 0 saturated carbocycles. The number of aryl methyl sites for hydroxylation is 1. The summed E-state index contributed by atoms with van der Waals surface area (Å²) in [6, 6.07) is 6.20. The van der Waals surface area contributed by atoms with Gasteiger partial charge in [-0.2, -0.15) is 5.10 Å². The minimum Gasteiger partial charge on any atom is -0.338 e. The molecule has 2 aromatic rings. The summed E-state index contributed by atoms with van der Waals surface area (Å²) < 4.78 is 14.6. The highest BCUT2D eigenvalue weighted by Gasteiger charge is 2.25. The summed E-state index contributed by atoms with van der Waals surface area (Å²) in [6.07, 6.45) is 4.40. The fourth-order valence-electron chi connectivity index (χ4n) is 3.10. The summed E-state index contributed by atoms with van der Waals surface area (Å²) in [5.41, 5.74) is 2.01. The van der Waals surface area contributed by atoms with E-state index < -0.39 is 0 Å². The third-order valence-electron chi connectivity index (χ3n) is 4.42. The second kappa shape index (κ2) is 7.34. The van der Waals surface area contributed by atoms with Gasteiger partial charge in [-0.25, -0.2) is 9.07 Å². The van der Waals surface area contributed by atoms with Gasteiger partial charge in [-0.1, -0.05) is 36.6 Å². The summed E-state index contributed by atoms with van der Waals surface area (Å²) in [5, 5.41) is 4.76. The molecule has 1 aliphatic heterocycles. The predicted molar refractivity (Wildman–Crippen MR) is 91.8 cm³/mol. The zero-order valence-electron chi connectivity index (χ0n) is 13.8. The van der Waals surface area contributed by atoms with Gasteiger partial charge < -0.3 is 4.90 Å². The normalized spacial score (nSPS) is 15.4. The molecule has 0 spiro atoms. The van der Waals surface area contributed by atoms with Crippen LogP contribution in [0.25, 0.3) is 0 Å². The van der Waals surface area contributed by atoms with Crippen LogP contribution in [0.15, 0.2) is 24.3 Å². The molecule has 2 heterocycles. The molecule has 1 fully saturated rings. The second-order valence-corrected chi connectivity index (χ2v) is 6.60. The van der Waals surface area contributed by atoms with Crippen LogP contribution in [0.4, 0.5) is 4.39 Å². The molecular formula is C18H21ClFN3O. The lowest BCUT2D eigenvalue weighted by atomic mass is 10.2. The molecule has 0 bridgehead atoms. The number of nitrogens with zero attached hydrogens (tertiary/aromatic N) is 3. The highest BCUT2D eigenvalue weighted by atomic mass is 35.5. The first-order chi connectivity index (χ1) is 11.6. The maximum absolute atomic E-state index is 13.0. The summed E-state index contributed by atoms with van der Waals surface area (Å²) in [4.78, 5) is 14.7. The fourth-order valence-corrected chi connectivity index (χ4v) is 3.41. The first kappa shape index (κ1) is 17.0. The molecule has 0 unspecified atom stereocenters. The lowest BCUT2D eigenvalue weighted by Gasteiger charge is -2.20. The average Bonchev–Trinajstić information content (AvgIpc) is 2.76. The average molecular weight is 350 g/mol. The Labute approximate surface area is 146 Å². The van der Waals surface area contributed by atoms with Crippen molar-refractivity contribution in [3.05, 3.63) is 52.1 Å². The van der Waals surface area contributed by atoms with E-state index in [4.69, 9.17) is 11.6 Å². The largest absolute Gasteiger partial charge is 0.338 e. The van der Waals surface area contributed by atoms with E-state index in [1.54, 1.807) is 23.7 Å². The van der Waals surface area contributed by atoms with Crippen LogP contribution in [0.3, 0.4) is 0 Å². The maximum atomic E-state index is 13.0. The lowest BCUT2D eigenvalue weighted by Crippen LogP contribution is -2.32. The Kier molecular flexibility index (Phi) is 5.19. The summed E-state index contributed by atoms with van der Waals surface area (Å²) in [6.45, 7) is 3.76. The number of carbonyl (C=O) groups is 1. The third kappa shape index (κ3) is 3.61. The van der Waals surface area contributed by atoms with Crippen molar-refractivity contribution in [3.8, 4) is 0 Å². The molecule has 0 aliphatic carbocycles. The van der Waals surface area contributed by atoms with Crippen molar-refractivity contribution in [2.24, 2.45) is 0 Å². The molecule has 24 heavy (non-hydrogen) atoms. The maximum Gasteiger partial charge on any atom is 0.258 e. The van der Waals surface area contributed by atoms with Crippen LogP contribution in [0.5, 0.6) is 0 Å². The van der Waals surface area contributed by atoms with Crippen LogP contribution < -0.4 is 0 Å². The fraction of sp³-hybridized carbons (Fsp3) is 0.444. The van der Waals surface area contributed by atoms with Crippen LogP contribution in [0, 0.1) is 12.7 Å². The standard InChI is InChI=1S/C18H21ClFN3O/c1-13-16(18(24)22-10-4-2-3-5-11-22)17(19)23(21-13)12-14-6-8-15(20)9-7-14/h6-9H,2-5,10-12H2,1H3. The minimum atomic E-state index is -0.279. The summed E-state index contributed by atoms with van der Waals surface area (Å²) in [7, 11) is 0. The number of hydrogen-bond donors (Lipinski definition) is 0. The van der Waals surface area contributed by atoms with Gasteiger partial charge in [-0.3, -0.25) is 4.79 Å². The number of likely N-dealkylation sites (tertiary alicyclic amines) is 1. The number of aromatic nitrogens is 2. The van der Waals surface area contributed by atoms with Crippen LogP contribution in [0.1, 0.15) is 47.3 Å². The van der Waals surface area contributed by atoms with Crippen molar-refractivity contribution >= 4 is 17.5 Å². The number of halogens is 2. The molecule has 4 nitrogen and oxygen atoms in total. The zero-order valence-corrected chi connectivity index (χ0v) is 14.5. The van der Waals surface area contributed by atoms with E-state index >= 15 is 0 Å². The van der Waals surface area contributed by atoms with E-state index in [0.29, 0.717) is 23.0 Å². The SMILES string of the molecule is Cc1nn(Cc2ccc(F)cc2)c(Cl)c1C(=O)N1CCCCCC1.